The van der Waals surface area contributed by atoms with Crippen molar-refractivity contribution in [2.24, 2.45) is 0 Å². The molecule has 0 bridgehead atoms. The van der Waals surface area contributed by atoms with E-state index < -0.39 is 12.3 Å². The summed E-state index contributed by atoms with van der Waals surface area (Å²) in [5.74, 6) is 0.0339. The van der Waals surface area contributed by atoms with Gasteiger partial charge in [-0.05, 0) is 68.2 Å². The molecule has 2 aromatic rings. The van der Waals surface area contributed by atoms with Gasteiger partial charge >= 0.3 is 0 Å². The van der Waals surface area contributed by atoms with Crippen LogP contribution in [0.4, 0.5) is 8.78 Å². The molecule has 0 amide bonds. The minimum atomic E-state index is -1.29. The lowest BCUT2D eigenvalue weighted by Gasteiger charge is -2.27. The monoisotopic (exact) mass is 426 g/mol. The molecule has 0 radical (unpaired) electrons. The van der Waals surface area contributed by atoms with Crippen LogP contribution >= 0.6 is 0 Å². The number of benzene rings is 2. The summed E-state index contributed by atoms with van der Waals surface area (Å²) >= 11 is 0. The topological polar surface area (TPSA) is 27.0 Å². The van der Waals surface area contributed by atoms with Crippen molar-refractivity contribution < 1.29 is 8.78 Å². The van der Waals surface area contributed by atoms with E-state index in [-0.39, 0.29) is 5.92 Å². The molecule has 2 nitrogen and oxygen atoms in total. The molecule has 0 heterocycles. The Balaban J connectivity index is 0.00000107. The second kappa shape index (κ2) is 13.2. The maximum atomic E-state index is 13.4. The number of hydrogen-bond acceptors (Lipinski definition) is 2. The molecule has 1 saturated carbocycles. The Hall–Kier alpha value is -2.25. The van der Waals surface area contributed by atoms with Crippen molar-refractivity contribution in [1.82, 2.24) is 4.90 Å². The molecular formula is C27H36F2N2. The van der Waals surface area contributed by atoms with E-state index in [1.807, 2.05) is 0 Å². The first-order valence-corrected chi connectivity index (χ1v) is 11.4. The Morgan fingerprint density at radius 3 is 2.06 bits per heavy atom. The van der Waals surface area contributed by atoms with Crippen LogP contribution in [0.25, 0.3) is 0 Å². The van der Waals surface area contributed by atoms with E-state index >= 15 is 0 Å². The van der Waals surface area contributed by atoms with Crippen molar-refractivity contribution in [3.8, 4) is 6.07 Å². The fourth-order valence-corrected chi connectivity index (χ4v) is 4.37. The van der Waals surface area contributed by atoms with Crippen molar-refractivity contribution in [1.29, 1.82) is 5.26 Å². The summed E-state index contributed by atoms with van der Waals surface area (Å²) in [5, 5.41) is 7.32. The van der Waals surface area contributed by atoms with Crippen LogP contribution in [-0.4, -0.2) is 36.9 Å². The number of rotatable bonds is 9. The summed E-state index contributed by atoms with van der Waals surface area (Å²) in [7, 11) is 2.22. The Labute approximate surface area is 186 Å². The van der Waals surface area contributed by atoms with Crippen molar-refractivity contribution in [3.63, 3.8) is 0 Å². The number of halogens is 2. The minimum absolute atomic E-state index is 0.0339. The first kappa shape index (κ1) is 25.0. The van der Waals surface area contributed by atoms with Gasteiger partial charge in [0.15, 0.2) is 0 Å². The van der Waals surface area contributed by atoms with Crippen molar-refractivity contribution in [2.45, 2.75) is 76.7 Å². The van der Waals surface area contributed by atoms with E-state index in [1.54, 1.807) is 6.07 Å². The van der Waals surface area contributed by atoms with E-state index in [0.717, 1.165) is 37.8 Å². The molecule has 0 spiro atoms. The average molecular weight is 427 g/mol. The summed E-state index contributed by atoms with van der Waals surface area (Å²) in [5.41, 5.74) is 3.78. The van der Waals surface area contributed by atoms with Gasteiger partial charge < -0.3 is 4.90 Å². The van der Waals surface area contributed by atoms with Crippen LogP contribution in [0.1, 0.15) is 62.1 Å². The highest BCUT2D eigenvalue weighted by molar-refractivity contribution is 5.27. The van der Waals surface area contributed by atoms with Crippen LogP contribution in [-0.2, 0) is 12.8 Å². The number of likely N-dealkylation sites (N-methyl/N-ethyl adjacent to an activating group) is 1. The molecule has 1 aliphatic rings. The van der Waals surface area contributed by atoms with E-state index in [0.29, 0.717) is 18.9 Å². The standard InChI is InChI=1S/C25H33F2N.C2H3N/c1-3-23(28(2)16-15-19-7-5-4-6-8-19)14-11-20-9-12-21(13-10-20)22-17-24(26)25(27)18-22;1-2-3/h4-10,12-13,22-25H,3,11,14-18H2,1-2H3;1H3. The van der Waals surface area contributed by atoms with Gasteiger partial charge in [-0.1, -0.05) is 61.5 Å². The van der Waals surface area contributed by atoms with Gasteiger partial charge in [0.25, 0.3) is 0 Å². The number of aryl methyl sites for hydroxylation is 1. The predicted octanol–water partition coefficient (Wildman–Crippen LogP) is 6.66. The van der Waals surface area contributed by atoms with Crippen LogP contribution in [0.2, 0.25) is 0 Å². The zero-order valence-corrected chi connectivity index (χ0v) is 19.1. The van der Waals surface area contributed by atoms with Crippen LogP contribution in [0.5, 0.6) is 0 Å². The quantitative estimate of drug-likeness (QED) is 0.448. The molecule has 4 heteroatoms. The van der Waals surface area contributed by atoms with Gasteiger partial charge in [-0.2, -0.15) is 5.26 Å². The lowest BCUT2D eigenvalue weighted by atomic mass is 9.95. The molecule has 0 aromatic heterocycles. The van der Waals surface area contributed by atoms with Gasteiger partial charge in [-0.25, -0.2) is 8.78 Å². The third-order valence-electron chi connectivity index (χ3n) is 6.32. The highest BCUT2D eigenvalue weighted by atomic mass is 19.2. The van der Waals surface area contributed by atoms with E-state index in [1.165, 1.54) is 18.1 Å². The summed E-state index contributed by atoms with van der Waals surface area (Å²) in [4.78, 5) is 2.47. The molecule has 0 aliphatic heterocycles. The molecule has 3 unspecified atom stereocenters. The average Bonchev–Trinajstić information content (AvgIpc) is 3.12. The maximum Gasteiger partial charge on any atom is 0.132 e. The lowest BCUT2D eigenvalue weighted by Crippen LogP contribution is -2.33. The highest BCUT2D eigenvalue weighted by Crippen LogP contribution is 2.38. The summed E-state index contributed by atoms with van der Waals surface area (Å²) in [6.07, 6.45) is 2.45. The number of nitriles is 1. The van der Waals surface area contributed by atoms with Gasteiger partial charge in [0.2, 0.25) is 0 Å². The minimum Gasteiger partial charge on any atom is -0.303 e. The van der Waals surface area contributed by atoms with Gasteiger partial charge in [-0.3, -0.25) is 0 Å². The van der Waals surface area contributed by atoms with Crippen molar-refractivity contribution >= 4 is 0 Å². The highest BCUT2D eigenvalue weighted by Gasteiger charge is 2.35. The van der Waals surface area contributed by atoms with E-state index in [9.17, 15) is 8.78 Å². The summed E-state index contributed by atoms with van der Waals surface area (Å²) in [6, 6.07) is 21.4. The second-order valence-corrected chi connectivity index (χ2v) is 8.48. The van der Waals surface area contributed by atoms with Crippen LogP contribution in [0, 0.1) is 11.3 Å². The third kappa shape index (κ3) is 8.07. The largest absolute Gasteiger partial charge is 0.303 e. The smallest absolute Gasteiger partial charge is 0.132 e. The fourth-order valence-electron chi connectivity index (χ4n) is 4.37. The number of hydrogen-bond donors (Lipinski definition) is 0. The molecule has 0 N–H and O–H groups in total. The fraction of sp³-hybridized carbons (Fsp3) is 0.519. The normalized spacial score (nSPS) is 21.3. The van der Waals surface area contributed by atoms with Gasteiger partial charge in [0.05, 0.1) is 6.07 Å². The molecule has 3 rings (SSSR count). The van der Waals surface area contributed by atoms with Crippen molar-refractivity contribution in [3.05, 3.63) is 71.3 Å². The molecular weight excluding hydrogens is 390 g/mol. The van der Waals surface area contributed by atoms with Crippen LogP contribution in [0.3, 0.4) is 0 Å². The zero-order chi connectivity index (χ0) is 22.6. The van der Waals surface area contributed by atoms with E-state index in [2.05, 4.69) is 73.5 Å². The SMILES string of the molecule is CC#N.CCC(CCc1ccc(C2CC(F)C(F)C2)cc1)N(C)CCc1ccccc1. The Bertz CT molecular complexity index is 775. The first-order chi connectivity index (χ1) is 15.0. The zero-order valence-electron chi connectivity index (χ0n) is 19.1. The number of nitrogens with zero attached hydrogens (tertiary/aromatic N) is 2. The second-order valence-electron chi connectivity index (χ2n) is 8.48. The van der Waals surface area contributed by atoms with Crippen molar-refractivity contribution in [2.75, 3.05) is 13.6 Å². The number of alkyl halides is 2. The Kier molecular flexibility index (Phi) is 10.7. The molecule has 168 valence electrons. The molecule has 31 heavy (non-hydrogen) atoms. The molecule has 1 aliphatic carbocycles. The lowest BCUT2D eigenvalue weighted by molar-refractivity contribution is 0.199. The predicted molar refractivity (Wildman–Crippen MR) is 125 cm³/mol. The molecule has 3 atom stereocenters. The molecule has 2 aromatic carbocycles. The van der Waals surface area contributed by atoms with Gasteiger partial charge in [0.1, 0.15) is 12.3 Å². The molecule has 0 saturated heterocycles. The third-order valence-corrected chi connectivity index (χ3v) is 6.32. The molecule has 1 fully saturated rings. The summed E-state index contributed by atoms with van der Waals surface area (Å²) < 4.78 is 26.9. The summed E-state index contributed by atoms with van der Waals surface area (Å²) in [6.45, 7) is 4.76. The van der Waals surface area contributed by atoms with E-state index in [4.69, 9.17) is 5.26 Å². The Morgan fingerprint density at radius 2 is 1.52 bits per heavy atom. The van der Waals surface area contributed by atoms with Crippen LogP contribution < -0.4 is 0 Å². The Morgan fingerprint density at radius 1 is 0.968 bits per heavy atom. The van der Waals surface area contributed by atoms with Crippen LogP contribution in [0.15, 0.2) is 54.6 Å². The maximum absolute atomic E-state index is 13.4. The first-order valence-electron chi connectivity index (χ1n) is 11.4. The van der Waals surface area contributed by atoms with Gasteiger partial charge in [0, 0.05) is 19.5 Å². The van der Waals surface area contributed by atoms with Gasteiger partial charge in [-0.15, -0.1) is 0 Å².